The van der Waals surface area contributed by atoms with Crippen molar-refractivity contribution in [1.29, 1.82) is 0 Å². The fraction of sp³-hybridized carbons (Fsp3) is 0.458. The number of rotatable bonds is 8. The molecular formula is C24H36IN5O. The van der Waals surface area contributed by atoms with Crippen LogP contribution in [0.2, 0.25) is 0 Å². The van der Waals surface area contributed by atoms with Crippen LogP contribution in [0, 0.1) is 6.92 Å². The third kappa shape index (κ3) is 8.31. The molecule has 2 N–H and O–H groups in total. The van der Waals surface area contributed by atoms with Crippen molar-refractivity contribution >= 4 is 29.9 Å². The first-order valence-electron chi connectivity index (χ1n) is 10.9. The van der Waals surface area contributed by atoms with E-state index in [-0.39, 0.29) is 24.0 Å². The van der Waals surface area contributed by atoms with E-state index in [0.29, 0.717) is 6.54 Å². The number of hydrogen-bond donors (Lipinski definition) is 2. The fourth-order valence-corrected chi connectivity index (χ4v) is 3.58. The molecule has 0 bridgehead atoms. The van der Waals surface area contributed by atoms with E-state index in [9.17, 15) is 0 Å². The van der Waals surface area contributed by atoms with Crippen molar-refractivity contribution in [3.8, 4) is 11.5 Å². The van der Waals surface area contributed by atoms with Crippen LogP contribution in [0.1, 0.15) is 18.1 Å². The van der Waals surface area contributed by atoms with E-state index in [2.05, 4.69) is 57.5 Å². The number of piperazine rings is 1. The van der Waals surface area contributed by atoms with Gasteiger partial charge in [0.1, 0.15) is 11.5 Å². The number of likely N-dealkylation sites (N-methyl/N-ethyl adjacent to an activating group) is 1. The molecule has 6 nitrogen and oxygen atoms in total. The first-order chi connectivity index (χ1) is 14.7. The standard InChI is InChI=1S/C24H35N5O.HI/c1-4-28-14-16-29(17-15-28)13-12-26-24(25-3)27-19-21-11-10-20(2)18-23(21)30-22-8-6-5-7-9-22;/h5-11,18H,4,12-17,19H2,1-3H3,(H2,25,26,27);1H. The Bertz CT molecular complexity index is 807. The molecule has 1 fully saturated rings. The average molecular weight is 537 g/mol. The minimum atomic E-state index is 0. The highest BCUT2D eigenvalue weighted by atomic mass is 127. The van der Waals surface area contributed by atoms with Crippen LogP contribution in [0.5, 0.6) is 11.5 Å². The molecule has 1 aliphatic rings. The lowest BCUT2D eigenvalue weighted by Gasteiger charge is -2.34. The van der Waals surface area contributed by atoms with E-state index in [1.807, 2.05) is 37.4 Å². The topological polar surface area (TPSA) is 52.1 Å². The number of nitrogens with one attached hydrogen (secondary N) is 2. The molecule has 0 aliphatic carbocycles. The summed E-state index contributed by atoms with van der Waals surface area (Å²) < 4.78 is 6.12. The lowest BCUT2D eigenvalue weighted by atomic mass is 10.1. The summed E-state index contributed by atoms with van der Waals surface area (Å²) in [6, 6.07) is 16.2. The maximum absolute atomic E-state index is 6.12. The quantitative estimate of drug-likeness (QED) is 0.306. The molecule has 0 atom stereocenters. The monoisotopic (exact) mass is 537 g/mol. The zero-order valence-corrected chi connectivity index (χ0v) is 21.3. The van der Waals surface area contributed by atoms with Gasteiger partial charge in [0.2, 0.25) is 0 Å². The van der Waals surface area contributed by atoms with E-state index >= 15 is 0 Å². The van der Waals surface area contributed by atoms with Gasteiger partial charge < -0.3 is 20.3 Å². The summed E-state index contributed by atoms with van der Waals surface area (Å²) in [5.41, 5.74) is 2.28. The van der Waals surface area contributed by atoms with Gasteiger partial charge in [0.25, 0.3) is 0 Å². The molecular weight excluding hydrogens is 501 g/mol. The Morgan fingerprint density at radius 1 is 1.00 bits per heavy atom. The summed E-state index contributed by atoms with van der Waals surface area (Å²) in [6.07, 6.45) is 0. The fourth-order valence-electron chi connectivity index (χ4n) is 3.58. The Balaban J connectivity index is 0.00000341. The van der Waals surface area contributed by atoms with Gasteiger partial charge in [-0.1, -0.05) is 37.3 Å². The zero-order valence-electron chi connectivity index (χ0n) is 18.9. The summed E-state index contributed by atoms with van der Waals surface area (Å²) in [5.74, 6) is 2.53. The number of aliphatic imine (C=N–C) groups is 1. The lowest BCUT2D eigenvalue weighted by molar-refractivity contribution is 0.139. The molecule has 0 saturated carbocycles. The number of halogens is 1. The normalized spacial score (nSPS) is 15.3. The Morgan fingerprint density at radius 3 is 2.39 bits per heavy atom. The number of guanidine groups is 1. The van der Waals surface area contributed by atoms with Gasteiger partial charge in [0.05, 0.1) is 0 Å². The molecule has 1 aliphatic heterocycles. The molecule has 7 heteroatoms. The molecule has 0 amide bonds. The third-order valence-electron chi connectivity index (χ3n) is 5.50. The zero-order chi connectivity index (χ0) is 21.2. The highest BCUT2D eigenvalue weighted by Gasteiger charge is 2.15. The smallest absolute Gasteiger partial charge is 0.191 e. The van der Waals surface area contributed by atoms with Crippen molar-refractivity contribution in [2.75, 3.05) is 52.9 Å². The summed E-state index contributed by atoms with van der Waals surface area (Å²) in [7, 11) is 1.81. The minimum Gasteiger partial charge on any atom is -0.457 e. The maximum Gasteiger partial charge on any atom is 0.191 e. The number of aryl methyl sites for hydroxylation is 1. The van der Waals surface area contributed by atoms with Crippen LogP contribution >= 0.6 is 24.0 Å². The van der Waals surface area contributed by atoms with Gasteiger partial charge in [0, 0.05) is 58.4 Å². The number of benzene rings is 2. The second-order valence-electron chi connectivity index (χ2n) is 7.65. The van der Waals surface area contributed by atoms with Crippen molar-refractivity contribution in [1.82, 2.24) is 20.4 Å². The summed E-state index contributed by atoms with van der Waals surface area (Å²) >= 11 is 0. The lowest BCUT2D eigenvalue weighted by Crippen LogP contribution is -2.49. The van der Waals surface area contributed by atoms with Gasteiger partial charge >= 0.3 is 0 Å². The molecule has 3 rings (SSSR count). The average Bonchev–Trinajstić information content (AvgIpc) is 2.78. The highest BCUT2D eigenvalue weighted by Crippen LogP contribution is 2.26. The maximum atomic E-state index is 6.12. The second kappa shape index (κ2) is 13.5. The predicted molar refractivity (Wildman–Crippen MR) is 140 cm³/mol. The predicted octanol–water partition coefficient (Wildman–Crippen LogP) is 3.71. The molecule has 0 unspecified atom stereocenters. The molecule has 2 aromatic rings. The Kier molecular flexibility index (Phi) is 11.1. The first-order valence-corrected chi connectivity index (χ1v) is 10.9. The molecule has 170 valence electrons. The first kappa shape index (κ1) is 25.4. The number of ether oxygens (including phenoxy) is 1. The van der Waals surface area contributed by atoms with Crippen molar-refractivity contribution < 1.29 is 4.74 Å². The van der Waals surface area contributed by atoms with Gasteiger partial charge in [-0.05, 0) is 37.2 Å². The Hall–Kier alpha value is -1.84. The van der Waals surface area contributed by atoms with Gasteiger partial charge in [-0.3, -0.25) is 9.89 Å². The van der Waals surface area contributed by atoms with Crippen LogP contribution in [0.3, 0.4) is 0 Å². The van der Waals surface area contributed by atoms with E-state index < -0.39 is 0 Å². The Labute approximate surface area is 204 Å². The third-order valence-corrected chi connectivity index (χ3v) is 5.50. The SMILES string of the molecule is CCN1CCN(CCNC(=NC)NCc2ccc(C)cc2Oc2ccccc2)CC1.I. The molecule has 31 heavy (non-hydrogen) atoms. The van der Waals surface area contributed by atoms with Crippen molar-refractivity contribution in [2.24, 2.45) is 4.99 Å². The minimum absolute atomic E-state index is 0. The van der Waals surface area contributed by atoms with Crippen molar-refractivity contribution in [3.63, 3.8) is 0 Å². The summed E-state index contributed by atoms with van der Waals surface area (Å²) in [5, 5.41) is 6.85. The molecule has 1 heterocycles. The molecule has 0 aromatic heterocycles. The van der Waals surface area contributed by atoms with E-state index in [4.69, 9.17) is 4.74 Å². The summed E-state index contributed by atoms with van der Waals surface area (Å²) in [4.78, 5) is 9.38. The Morgan fingerprint density at radius 2 is 1.71 bits per heavy atom. The van der Waals surface area contributed by atoms with Crippen LogP contribution in [0.15, 0.2) is 53.5 Å². The van der Waals surface area contributed by atoms with Gasteiger partial charge in [-0.2, -0.15) is 0 Å². The number of para-hydroxylation sites is 1. The van der Waals surface area contributed by atoms with Gasteiger partial charge in [-0.15, -0.1) is 24.0 Å². The van der Waals surface area contributed by atoms with Crippen LogP contribution in [0.4, 0.5) is 0 Å². The van der Waals surface area contributed by atoms with Crippen LogP contribution in [-0.2, 0) is 6.54 Å². The number of nitrogens with zero attached hydrogens (tertiary/aromatic N) is 3. The van der Waals surface area contributed by atoms with E-state index in [0.717, 1.165) is 55.7 Å². The molecule has 0 radical (unpaired) electrons. The summed E-state index contributed by atoms with van der Waals surface area (Å²) in [6.45, 7) is 12.7. The van der Waals surface area contributed by atoms with Crippen LogP contribution < -0.4 is 15.4 Å². The van der Waals surface area contributed by atoms with E-state index in [1.165, 1.54) is 18.7 Å². The molecule has 0 spiro atoms. The van der Waals surface area contributed by atoms with E-state index in [1.54, 1.807) is 0 Å². The van der Waals surface area contributed by atoms with Crippen LogP contribution in [-0.4, -0.2) is 68.6 Å². The highest BCUT2D eigenvalue weighted by molar-refractivity contribution is 14.0. The molecule has 1 saturated heterocycles. The van der Waals surface area contributed by atoms with Crippen molar-refractivity contribution in [3.05, 3.63) is 59.7 Å². The van der Waals surface area contributed by atoms with Gasteiger partial charge in [0.15, 0.2) is 5.96 Å². The van der Waals surface area contributed by atoms with Crippen LogP contribution in [0.25, 0.3) is 0 Å². The van der Waals surface area contributed by atoms with Gasteiger partial charge in [-0.25, -0.2) is 0 Å². The molecule has 2 aromatic carbocycles. The second-order valence-corrected chi connectivity index (χ2v) is 7.65. The largest absolute Gasteiger partial charge is 0.457 e. The number of hydrogen-bond acceptors (Lipinski definition) is 4. The van der Waals surface area contributed by atoms with Crippen molar-refractivity contribution in [2.45, 2.75) is 20.4 Å².